The third kappa shape index (κ3) is 3.56. The number of anilines is 1. The van der Waals surface area contributed by atoms with E-state index in [1.165, 1.54) is 6.07 Å². The van der Waals surface area contributed by atoms with E-state index in [2.05, 4.69) is 5.32 Å². The Morgan fingerprint density at radius 1 is 1.44 bits per heavy atom. The van der Waals surface area contributed by atoms with Crippen LogP contribution in [0.3, 0.4) is 0 Å². The third-order valence-corrected chi connectivity index (χ3v) is 2.77. The number of hydrogen-bond donors (Lipinski definition) is 3. The number of aromatic carboxylic acids is 1. The molecule has 0 saturated carbocycles. The highest BCUT2D eigenvalue weighted by Crippen LogP contribution is 2.19. The molecule has 0 aliphatic heterocycles. The fourth-order valence-electron chi connectivity index (χ4n) is 1.60. The lowest BCUT2D eigenvalue weighted by molar-refractivity contribution is -0.116. The van der Waals surface area contributed by atoms with Gasteiger partial charge >= 0.3 is 5.97 Å². The zero-order valence-corrected chi connectivity index (χ0v) is 10.6. The van der Waals surface area contributed by atoms with Crippen LogP contribution in [-0.4, -0.2) is 23.5 Å². The van der Waals surface area contributed by atoms with Crippen LogP contribution >= 0.6 is 0 Å². The minimum absolute atomic E-state index is 0.105. The molecule has 0 fully saturated rings. The number of rotatable bonds is 5. The standard InChI is InChI=1S/C13H18N2O3/c1-8(7-14)6-12(16)15-11-5-3-4-10(9(11)2)13(17)18/h3-5,8H,6-7,14H2,1-2H3,(H,15,16)(H,17,18). The number of hydrogen-bond acceptors (Lipinski definition) is 3. The summed E-state index contributed by atoms with van der Waals surface area (Å²) in [5, 5.41) is 11.7. The van der Waals surface area contributed by atoms with E-state index in [-0.39, 0.29) is 17.4 Å². The van der Waals surface area contributed by atoms with Crippen LogP contribution in [0.4, 0.5) is 5.69 Å². The molecule has 0 spiro atoms. The molecule has 1 amide bonds. The monoisotopic (exact) mass is 250 g/mol. The average Bonchev–Trinajstić information content (AvgIpc) is 2.31. The van der Waals surface area contributed by atoms with Crippen molar-refractivity contribution in [3.63, 3.8) is 0 Å². The zero-order valence-electron chi connectivity index (χ0n) is 10.6. The molecule has 0 aliphatic carbocycles. The molecule has 0 saturated heterocycles. The van der Waals surface area contributed by atoms with Crippen LogP contribution in [0.2, 0.25) is 0 Å². The number of carbonyl (C=O) groups is 2. The van der Waals surface area contributed by atoms with E-state index in [0.717, 1.165) is 0 Å². The van der Waals surface area contributed by atoms with E-state index in [9.17, 15) is 9.59 Å². The largest absolute Gasteiger partial charge is 0.478 e. The second kappa shape index (κ2) is 6.16. The van der Waals surface area contributed by atoms with Crippen molar-refractivity contribution in [3.05, 3.63) is 29.3 Å². The number of carboxylic acids is 1. The molecule has 0 radical (unpaired) electrons. The van der Waals surface area contributed by atoms with E-state index in [1.54, 1.807) is 19.1 Å². The molecule has 98 valence electrons. The Bertz CT molecular complexity index is 458. The Kier molecular flexibility index (Phi) is 4.85. The van der Waals surface area contributed by atoms with Crippen molar-refractivity contribution in [2.24, 2.45) is 11.7 Å². The quantitative estimate of drug-likeness (QED) is 0.740. The van der Waals surface area contributed by atoms with Crippen molar-refractivity contribution in [1.29, 1.82) is 0 Å². The molecule has 1 atom stereocenters. The van der Waals surface area contributed by atoms with Gasteiger partial charge in [0, 0.05) is 12.1 Å². The molecule has 1 aromatic carbocycles. The van der Waals surface area contributed by atoms with Crippen molar-refractivity contribution in [2.75, 3.05) is 11.9 Å². The van der Waals surface area contributed by atoms with Gasteiger partial charge in [0.15, 0.2) is 0 Å². The predicted molar refractivity (Wildman–Crippen MR) is 69.6 cm³/mol. The molecule has 18 heavy (non-hydrogen) atoms. The molecule has 0 aliphatic rings. The summed E-state index contributed by atoms with van der Waals surface area (Å²) in [6, 6.07) is 4.81. The van der Waals surface area contributed by atoms with Gasteiger partial charge in [-0.2, -0.15) is 0 Å². The first-order valence-corrected chi connectivity index (χ1v) is 5.78. The average molecular weight is 250 g/mol. The summed E-state index contributed by atoms with van der Waals surface area (Å²) >= 11 is 0. The fraction of sp³-hybridized carbons (Fsp3) is 0.385. The van der Waals surface area contributed by atoms with Crippen molar-refractivity contribution in [2.45, 2.75) is 20.3 Å². The van der Waals surface area contributed by atoms with Crippen LogP contribution in [0.15, 0.2) is 18.2 Å². The summed E-state index contributed by atoms with van der Waals surface area (Å²) in [6.45, 7) is 4.01. The molecule has 4 N–H and O–H groups in total. The number of carboxylic acid groups (broad SMARTS) is 1. The van der Waals surface area contributed by atoms with Gasteiger partial charge in [0.1, 0.15) is 0 Å². The van der Waals surface area contributed by atoms with Gasteiger partial charge in [0.25, 0.3) is 0 Å². The Hall–Kier alpha value is -1.88. The molecule has 5 nitrogen and oxygen atoms in total. The van der Waals surface area contributed by atoms with E-state index < -0.39 is 5.97 Å². The maximum atomic E-state index is 11.7. The topological polar surface area (TPSA) is 92.4 Å². The van der Waals surface area contributed by atoms with Crippen LogP contribution in [0.5, 0.6) is 0 Å². The molecule has 1 rings (SSSR count). The minimum atomic E-state index is -1.00. The number of nitrogens with two attached hydrogens (primary N) is 1. The summed E-state index contributed by atoms with van der Waals surface area (Å²) in [7, 11) is 0. The van der Waals surface area contributed by atoms with E-state index in [4.69, 9.17) is 10.8 Å². The SMILES string of the molecule is Cc1c(NC(=O)CC(C)CN)cccc1C(=O)O. The van der Waals surface area contributed by atoms with Crippen LogP contribution < -0.4 is 11.1 Å². The zero-order chi connectivity index (χ0) is 13.7. The van der Waals surface area contributed by atoms with Crippen molar-refractivity contribution >= 4 is 17.6 Å². The summed E-state index contributed by atoms with van der Waals surface area (Å²) in [5.41, 5.74) is 6.73. The Morgan fingerprint density at radius 2 is 2.11 bits per heavy atom. The summed E-state index contributed by atoms with van der Waals surface area (Å²) in [6.07, 6.45) is 0.327. The summed E-state index contributed by atoms with van der Waals surface area (Å²) < 4.78 is 0. The maximum Gasteiger partial charge on any atom is 0.336 e. The highest BCUT2D eigenvalue weighted by atomic mass is 16.4. The second-order valence-corrected chi connectivity index (χ2v) is 4.38. The third-order valence-electron chi connectivity index (χ3n) is 2.77. The second-order valence-electron chi connectivity index (χ2n) is 4.38. The van der Waals surface area contributed by atoms with Gasteiger partial charge in [-0.3, -0.25) is 4.79 Å². The molecular formula is C13H18N2O3. The van der Waals surface area contributed by atoms with Gasteiger partial charge in [-0.15, -0.1) is 0 Å². The van der Waals surface area contributed by atoms with Gasteiger partial charge in [-0.05, 0) is 37.1 Å². The Balaban J connectivity index is 2.82. The van der Waals surface area contributed by atoms with Crippen molar-refractivity contribution in [3.8, 4) is 0 Å². The lowest BCUT2D eigenvalue weighted by Crippen LogP contribution is -2.20. The first-order chi connectivity index (χ1) is 8.45. The summed E-state index contributed by atoms with van der Waals surface area (Å²) in [5.74, 6) is -1.05. The van der Waals surface area contributed by atoms with Crippen molar-refractivity contribution < 1.29 is 14.7 Å². The molecule has 0 heterocycles. The molecular weight excluding hydrogens is 232 g/mol. The molecule has 5 heteroatoms. The van der Waals surface area contributed by atoms with Gasteiger partial charge in [0.05, 0.1) is 5.56 Å². The van der Waals surface area contributed by atoms with Gasteiger partial charge in [-0.1, -0.05) is 13.0 Å². The minimum Gasteiger partial charge on any atom is -0.478 e. The Labute approximate surface area is 106 Å². The molecule has 1 aromatic rings. The van der Waals surface area contributed by atoms with Gasteiger partial charge in [-0.25, -0.2) is 4.79 Å². The molecule has 0 aromatic heterocycles. The molecule has 0 bridgehead atoms. The summed E-state index contributed by atoms with van der Waals surface area (Å²) in [4.78, 5) is 22.7. The van der Waals surface area contributed by atoms with Crippen LogP contribution in [0.1, 0.15) is 29.3 Å². The van der Waals surface area contributed by atoms with Gasteiger partial charge in [0.2, 0.25) is 5.91 Å². The van der Waals surface area contributed by atoms with Crippen LogP contribution in [0.25, 0.3) is 0 Å². The highest BCUT2D eigenvalue weighted by Gasteiger charge is 2.13. The van der Waals surface area contributed by atoms with E-state index in [1.807, 2.05) is 6.92 Å². The van der Waals surface area contributed by atoms with E-state index in [0.29, 0.717) is 24.2 Å². The normalized spacial score (nSPS) is 11.9. The van der Waals surface area contributed by atoms with Gasteiger partial charge < -0.3 is 16.2 Å². The lowest BCUT2D eigenvalue weighted by Gasteiger charge is -2.12. The van der Waals surface area contributed by atoms with E-state index >= 15 is 0 Å². The smallest absolute Gasteiger partial charge is 0.336 e. The van der Waals surface area contributed by atoms with Crippen LogP contribution in [0, 0.1) is 12.8 Å². The molecule has 1 unspecified atom stereocenters. The van der Waals surface area contributed by atoms with Crippen molar-refractivity contribution in [1.82, 2.24) is 0 Å². The fourth-order valence-corrected chi connectivity index (χ4v) is 1.60. The number of nitrogens with one attached hydrogen (secondary N) is 1. The maximum absolute atomic E-state index is 11.7. The number of carbonyl (C=O) groups excluding carboxylic acids is 1. The van der Waals surface area contributed by atoms with Crippen LogP contribution in [-0.2, 0) is 4.79 Å². The number of benzene rings is 1. The predicted octanol–water partition coefficient (Wildman–Crippen LogP) is 1.62. The highest BCUT2D eigenvalue weighted by molar-refractivity contribution is 5.96. The number of amides is 1. The Morgan fingerprint density at radius 3 is 2.67 bits per heavy atom. The first kappa shape index (κ1) is 14.2. The lowest BCUT2D eigenvalue weighted by atomic mass is 10.1. The first-order valence-electron chi connectivity index (χ1n) is 5.78.